The largest absolute Gasteiger partial charge is 0.480 e. The second kappa shape index (κ2) is 5.12. The minimum Gasteiger partial charge on any atom is -0.480 e. The average molecular weight is 198 g/mol. The molecule has 0 aromatic carbocycles. The fourth-order valence-corrected chi connectivity index (χ4v) is 1.80. The molecule has 0 amide bonds. The molecular weight excluding hydrogens is 180 g/mol. The molecule has 1 rings (SSSR count). The molecule has 1 unspecified atom stereocenters. The third-order valence-corrected chi connectivity index (χ3v) is 2.44. The van der Waals surface area contributed by atoms with Crippen molar-refractivity contribution in [1.82, 2.24) is 10.2 Å². The quantitative estimate of drug-likeness (QED) is 0.641. The summed E-state index contributed by atoms with van der Waals surface area (Å²) in [6, 6.07) is -0.519. The zero-order valence-corrected chi connectivity index (χ0v) is 8.62. The van der Waals surface area contributed by atoms with Crippen LogP contribution < -0.4 is 5.32 Å². The molecule has 80 valence electrons. The minimum absolute atomic E-state index is 0.519. The number of nitrogens with one attached hydrogen (secondary N) is 1. The normalized spacial score (nSPS) is 21.2. The van der Waals surface area contributed by atoms with Crippen molar-refractivity contribution in [3.63, 3.8) is 0 Å². The molecule has 0 saturated carbocycles. The van der Waals surface area contributed by atoms with Crippen molar-refractivity contribution in [3.05, 3.63) is 12.2 Å². The highest BCUT2D eigenvalue weighted by molar-refractivity contribution is 5.77. The van der Waals surface area contributed by atoms with Gasteiger partial charge in [0.2, 0.25) is 0 Å². The number of carbonyl (C=O) groups is 1. The fraction of sp³-hybridized carbons (Fsp3) is 0.700. The Labute approximate surface area is 84.6 Å². The summed E-state index contributed by atoms with van der Waals surface area (Å²) < 4.78 is 0. The summed E-state index contributed by atoms with van der Waals surface area (Å²) in [6.07, 6.45) is 0.997. The topological polar surface area (TPSA) is 52.6 Å². The van der Waals surface area contributed by atoms with Gasteiger partial charge in [0.15, 0.2) is 0 Å². The third-order valence-electron chi connectivity index (χ3n) is 2.44. The molecule has 2 N–H and O–H groups in total. The zero-order valence-electron chi connectivity index (χ0n) is 8.62. The molecule has 1 atom stereocenters. The van der Waals surface area contributed by atoms with Gasteiger partial charge in [-0.2, -0.15) is 0 Å². The van der Waals surface area contributed by atoms with Gasteiger partial charge in [-0.15, -0.1) is 0 Å². The van der Waals surface area contributed by atoms with Crippen LogP contribution in [0.2, 0.25) is 0 Å². The lowest BCUT2D eigenvalue weighted by atomic mass is 10.1. The van der Waals surface area contributed by atoms with E-state index in [1.165, 1.54) is 0 Å². The fourth-order valence-electron chi connectivity index (χ4n) is 1.80. The zero-order chi connectivity index (χ0) is 10.6. The number of nitrogens with zero attached hydrogens (tertiary/aromatic N) is 1. The molecule has 1 aliphatic heterocycles. The van der Waals surface area contributed by atoms with Crippen molar-refractivity contribution in [3.8, 4) is 0 Å². The molecule has 0 bridgehead atoms. The lowest BCUT2D eigenvalue weighted by Gasteiger charge is -2.27. The van der Waals surface area contributed by atoms with Crippen LogP contribution >= 0.6 is 0 Å². The first-order valence-corrected chi connectivity index (χ1v) is 4.96. The molecule has 0 aromatic rings. The first-order valence-electron chi connectivity index (χ1n) is 4.96. The van der Waals surface area contributed by atoms with E-state index >= 15 is 0 Å². The molecule has 0 aromatic heterocycles. The lowest BCUT2D eigenvalue weighted by molar-refractivity contribution is -0.141. The molecule has 1 saturated heterocycles. The van der Waals surface area contributed by atoms with Gasteiger partial charge in [-0.25, -0.2) is 0 Å². The van der Waals surface area contributed by atoms with E-state index < -0.39 is 12.0 Å². The molecule has 0 radical (unpaired) electrons. The summed E-state index contributed by atoms with van der Waals surface area (Å²) in [5.74, 6) is -0.792. The Morgan fingerprint density at radius 3 is 2.79 bits per heavy atom. The van der Waals surface area contributed by atoms with E-state index in [-0.39, 0.29) is 0 Å². The highest BCUT2D eigenvalue weighted by Gasteiger charge is 2.26. The number of carboxylic acids is 1. The number of rotatable bonds is 3. The third kappa shape index (κ3) is 2.82. The highest BCUT2D eigenvalue weighted by Crippen LogP contribution is 2.10. The summed E-state index contributed by atoms with van der Waals surface area (Å²) in [5.41, 5.74) is 0.708. The first kappa shape index (κ1) is 11.2. The van der Waals surface area contributed by atoms with Gasteiger partial charge in [-0.1, -0.05) is 12.2 Å². The predicted molar refractivity (Wildman–Crippen MR) is 55.3 cm³/mol. The van der Waals surface area contributed by atoms with E-state index in [1.807, 2.05) is 4.90 Å². The number of hydrogen-bond donors (Lipinski definition) is 2. The van der Waals surface area contributed by atoms with E-state index in [1.54, 1.807) is 6.92 Å². The van der Waals surface area contributed by atoms with E-state index in [0.717, 1.165) is 32.6 Å². The monoisotopic (exact) mass is 198 g/mol. The Bertz CT molecular complexity index is 206. The Morgan fingerprint density at radius 2 is 2.21 bits per heavy atom. The predicted octanol–water partition coefficient (Wildman–Crippen LogP) is 0.311. The maximum absolute atomic E-state index is 11.0. The summed E-state index contributed by atoms with van der Waals surface area (Å²) in [4.78, 5) is 13.0. The number of carboxylic acid groups (broad SMARTS) is 1. The summed E-state index contributed by atoms with van der Waals surface area (Å²) in [5, 5.41) is 12.3. The highest BCUT2D eigenvalue weighted by atomic mass is 16.4. The van der Waals surface area contributed by atoms with Crippen LogP contribution in [0, 0.1) is 0 Å². The van der Waals surface area contributed by atoms with Crippen molar-refractivity contribution < 1.29 is 9.90 Å². The maximum Gasteiger partial charge on any atom is 0.325 e. The smallest absolute Gasteiger partial charge is 0.325 e. The second-order valence-electron chi connectivity index (χ2n) is 3.73. The van der Waals surface area contributed by atoms with Crippen LogP contribution in [0.25, 0.3) is 0 Å². The second-order valence-corrected chi connectivity index (χ2v) is 3.73. The van der Waals surface area contributed by atoms with Crippen LogP contribution in [-0.4, -0.2) is 48.2 Å². The molecule has 14 heavy (non-hydrogen) atoms. The van der Waals surface area contributed by atoms with Gasteiger partial charge >= 0.3 is 5.97 Å². The Morgan fingerprint density at radius 1 is 1.50 bits per heavy atom. The van der Waals surface area contributed by atoms with E-state index in [4.69, 9.17) is 5.11 Å². The molecular formula is C10H18N2O2. The van der Waals surface area contributed by atoms with Crippen LogP contribution in [0.5, 0.6) is 0 Å². The van der Waals surface area contributed by atoms with Crippen LogP contribution in [0.15, 0.2) is 12.2 Å². The van der Waals surface area contributed by atoms with Crippen LogP contribution in [0.1, 0.15) is 13.3 Å². The van der Waals surface area contributed by atoms with Gasteiger partial charge in [-0.05, 0) is 19.9 Å². The van der Waals surface area contributed by atoms with E-state index in [0.29, 0.717) is 5.57 Å². The van der Waals surface area contributed by atoms with Gasteiger partial charge in [0, 0.05) is 19.6 Å². The molecule has 1 aliphatic rings. The molecule has 4 heteroatoms. The Hall–Kier alpha value is -0.870. The van der Waals surface area contributed by atoms with Crippen molar-refractivity contribution in [1.29, 1.82) is 0 Å². The van der Waals surface area contributed by atoms with E-state index in [2.05, 4.69) is 11.9 Å². The molecule has 4 nitrogen and oxygen atoms in total. The van der Waals surface area contributed by atoms with Crippen LogP contribution in [-0.2, 0) is 4.79 Å². The van der Waals surface area contributed by atoms with Crippen molar-refractivity contribution in [2.24, 2.45) is 0 Å². The molecule has 1 heterocycles. The lowest BCUT2D eigenvalue weighted by Crippen LogP contribution is -2.43. The number of aliphatic carboxylic acids is 1. The van der Waals surface area contributed by atoms with Gasteiger partial charge in [-0.3, -0.25) is 9.69 Å². The van der Waals surface area contributed by atoms with Gasteiger partial charge < -0.3 is 10.4 Å². The summed E-state index contributed by atoms with van der Waals surface area (Å²) >= 11 is 0. The Balaban J connectivity index is 2.65. The molecule has 0 aliphatic carbocycles. The molecule has 0 spiro atoms. The molecule has 1 fully saturated rings. The van der Waals surface area contributed by atoms with Crippen molar-refractivity contribution in [2.45, 2.75) is 19.4 Å². The SMILES string of the molecule is C=C(C)C(C(=O)O)N1CCCNCC1. The van der Waals surface area contributed by atoms with E-state index in [9.17, 15) is 4.79 Å². The van der Waals surface area contributed by atoms with Crippen LogP contribution in [0.4, 0.5) is 0 Å². The van der Waals surface area contributed by atoms with Crippen molar-refractivity contribution >= 4 is 5.97 Å². The minimum atomic E-state index is -0.792. The number of hydrogen-bond acceptors (Lipinski definition) is 3. The first-order chi connectivity index (χ1) is 6.63. The van der Waals surface area contributed by atoms with Gasteiger partial charge in [0.05, 0.1) is 0 Å². The van der Waals surface area contributed by atoms with Gasteiger partial charge in [0.1, 0.15) is 6.04 Å². The van der Waals surface area contributed by atoms with Crippen molar-refractivity contribution in [2.75, 3.05) is 26.2 Å². The summed E-state index contributed by atoms with van der Waals surface area (Å²) in [7, 11) is 0. The van der Waals surface area contributed by atoms with Crippen LogP contribution in [0.3, 0.4) is 0 Å². The standard InChI is InChI=1S/C10H18N2O2/c1-8(2)9(10(13)14)12-6-3-4-11-5-7-12/h9,11H,1,3-7H2,2H3,(H,13,14). The maximum atomic E-state index is 11.0. The Kier molecular flexibility index (Phi) is 4.10. The average Bonchev–Trinajstić information content (AvgIpc) is 2.31. The summed E-state index contributed by atoms with van der Waals surface area (Å²) in [6.45, 7) is 8.96. The van der Waals surface area contributed by atoms with Gasteiger partial charge in [0.25, 0.3) is 0 Å².